The van der Waals surface area contributed by atoms with Crippen LogP contribution < -0.4 is 10.2 Å². The van der Waals surface area contributed by atoms with Crippen LogP contribution in [0, 0.1) is 5.92 Å². The molecule has 1 saturated heterocycles. The molecule has 2 heterocycles. The number of carboxylic acid groups (broad SMARTS) is 1. The summed E-state index contributed by atoms with van der Waals surface area (Å²) in [6, 6.07) is 1.48. The lowest BCUT2D eigenvalue weighted by atomic mass is 10.00. The summed E-state index contributed by atoms with van der Waals surface area (Å²) in [5.74, 6) is -0.166. The number of aromatic carboxylic acids is 1. The number of carbonyl (C=O) groups is 2. The van der Waals surface area contributed by atoms with E-state index in [-0.39, 0.29) is 11.5 Å². The predicted octanol–water partition coefficient (Wildman–Crippen LogP) is 2.36. The molecule has 114 valence electrons. The van der Waals surface area contributed by atoms with Gasteiger partial charge in [-0.25, -0.2) is 9.78 Å². The van der Waals surface area contributed by atoms with Gasteiger partial charge in [-0.1, -0.05) is 13.8 Å². The number of anilines is 2. The zero-order chi connectivity index (χ0) is 15.4. The van der Waals surface area contributed by atoms with Crippen LogP contribution in [0.15, 0.2) is 12.3 Å². The third-order valence-electron chi connectivity index (χ3n) is 3.66. The average Bonchev–Trinajstić information content (AvgIpc) is 2.47. The van der Waals surface area contributed by atoms with Crippen LogP contribution in [-0.2, 0) is 4.79 Å². The normalized spacial score (nSPS) is 18.4. The fraction of sp³-hybridized carbons (Fsp3) is 0.533. The van der Waals surface area contributed by atoms with Crippen LogP contribution in [-0.4, -0.2) is 35.1 Å². The molecule has 0 spiro atoms. The first kappa shape index (κ1) is 15.3. The standard InChI is InChI=1S/C15H21N3O3/c1-3-13(19)17-11-7-12(15(20)21)14(16-8-11)18-6-4-5-10(2)9-18/h7-8,10H,3-6,9H2,1-2H3,(H,17,19)(H,20,21)/t10-/m0/s1. The highest BCUT2D eigenvalue weighted by atomic mass is 16.4. The number of hydrogen-bond donors (Lipinski definition) is 2. The van der Waals surface area contributed by atoms with Gasteiger partial charge in [-0.3, -0.25) is 4.79 Å². The molecule has 2 rings (SSSR count). The highest BCUT2D eigenvalue weighted by Crippen LogP contribution is 2.26. The summed E-state index contributed by atoms with van der Waals surface area (Å²) in [7, 11) is 0. The molecule has 1 aromatic rings. The number of rotatable bonds is 4. The van der Waals surface area contributed by atoms with E-state index >= 15 is 0 Å². The first-order valence-corrected chi connectivity index (χ1v) is 7.29. The molecular weight excluding hydrogens is 270 g/mol. The van der Waals surface area contributed by atoms with E-state index < -0.39 is 5.97 Å². The molecule has 0 unspecified atom stereocenters. The Hall–Kier alpha value is -2.11. The average molecular weight is 291 g/mol. The molecule has 1 aromatic heterocycles. The summed E-state index contributed by atoms with van der Waals surface area (Å²) in [5.41, 5.74) is 0.561. The maximum Gasteiger partial charge on any atom is 0.339 e. The minimum absolute atomic E-state index is 0.137. The molecule has 0 saturated carbocycles. The summed E-state index contributed by atoms with van der Waals surface area (Å²) < 4.78 is 0. The molecule has 0 aliphatic carbocycles. The van der Waals surface area contributed by atoms with Gasteiger partial charge in [-0.05, 0) is 24.8 Å². The van der Waals surface area contributed by atoms with Crippen molar-refractivity contribution in [1.29, 1.82) is 0 Å². The fourth-order valence-corrected chi connectivity index (χ4v) is 2.57. The highest BCUT2D eigenvalue weighted by molar-refractivity contribution is 5.96. The molecular formula is C15H21N3O3. The number of amides is 1. The van der Waals surface area contributed by atoms with Crippen LogP contribution in [0.4, 0.5) is 11.5 Å². The summed E-state index contributed by atoms with van der Waals surface area (Å²) in [4.78, 5) is 29.2. The summed E-state index contributed by atoms with van der Waals surface area (Å²) in [6.07, 6.45) is 4.06. The van der Waals surface area contributed by atoms with Gasteiger partial charge in [0.1, 0.15) is 11.4 Å². The Bertz CT molecular complexity index is 545. The first-order chi connectivity index (χ1) is 10.0. The van der Waals surface area contributed by atoms with Crippen molar-refractivity contribution in [2.75, 3.05) is 23.3 Å². The second-order valence-electron chi connectivity index (χ2n) is 5.50. The molecule has 1 aliphatic heterocycles. The Morgan fingerprint density at radius 3 is 2.90 bits per heavy atom. The highest BCUT2D eigenvalue weighted by Gasteiger charge is 2.23. The summed E-state index contributed by atoms with van der Waals surface area (Å²) in [6.45, 7) is 5.53. The first-order valence-electron chi connectivity index (χ1n) is 7.29. The second-order valence-corrected chi connectivity index (χ2v) is 5.50. The van der Waals surface area contributed by atoms with Gasteiger partial charge >= 0.3 is 5.97 Å². The Labute approximate surface area is 124 Å². The summed E-state index contributed by atoms with van der Waals surface area (Å²) >= 11 is 0. The van der Waals surface area contributed by atoms with E-state index in [1.165, 1.54) is 12.3 Å². The van der Waals surface area contributed by atoms with Gasteiger partial charge in [0.05, 0.1) is 11.9 Å². The van der Waals surface area contributed by atoms with Crippen molar-refractivity contribution < 1.29 is 14.7 Å². The van der Waals surface area contributed by atoms with Crippen LogP contribution in [0.1, 0.15) is 43.5 Å². The van der Waals surface area contributed by atoms with E-state index in [1.54, 1.807) is 6.92 Å². The number of pyridine rings is 1. The van der Waals surface area contributed by atoms with Crippen molar-refractivity contribution in [2.45, 2.75) is 33.1 Å². The molecule has 6 heteroatoms. The van der Waals surface area contributed by atoms with Crippen LogP contribution >= 0.6 is 0 Å². The minimum Gasteiger partial charge on any atom is -0.478 e. The van der Waals surface area contributed by atoms with Gasteiger partial charge in [0.25, 0.3) is 0 Å². The van der Waals surface area contributed by atoms with E-state index in [4.69, 9.17) is 0 Å². The van der Waals surface area contributed by atoms with Crippen LogP contribution in [0.3, 0.4) is 0 Å². The Morgan fingerprint density at radius 1 is 1.52 bits per heavy atom. The molecule has 1 atom stereocenters. The third kappa shape index (κ3) is 3.71. The van der Waals surface area contributed by atoms with Crippen molar-refractivity contribution >= 4 is 23.4 Å². The van der Waals surface area contributed by atoms with Gasteiger partial charge in [-0.2, -0.15) is 0 Å². The fourth-order valence-electron chi connectivity index (χ4n) is 2.57. The molecule has 0 radical (unpaired) electrons. The molecule has 2 N–H and O–H groups in total. The lowest BCUT2D eigenvalue weighted by molar-refractivity contribution is -0.115. The third-order valence-corrected chi connectivity index (χ3v) is 3.66. The van der Waals surface area contributed by atoms with Crippen LogP contribution in [0.5, 0.6) is 0 Å². The molecule has 6 nitrogen and oxygen atoms in total. The molecule has 21 heavy (non-hydrogen) atoms. The Kier molecular flexibility index (Phi) is 4.77. The quantitative estimate of drug-likeness (QED) is 0.890. The zero-order valence-corrected chi connectivity index (χ0v) is 12.4. The smallest absolute Gasteiger partial charge is 0.339 e. The molecule has 1 aliphatic rings. The number of nitrogens with one attached hydrogen (secondary N) is 1. The number of nitrogens with zero attached hydrogens (tertiary/aromatic N) is 2. The second kappa shape index (κ2) is 6.56. The maximum atomic E-state index is 11.5. The number of hydrogen-bond acceptors (Lipinski definition) is 4. The van der Waals surface area contributed by atoms with E-state index in [2.05, 4.69) is 17.2 Å². The van der Waals surface area contributed by atoms with E-state index in [0.29, 0.717) is 23.8 Å². The number of aromatic nitrogens is 1. The van der Waals surface area contributed by atoms with Gasteiger partial charge < -0.3 is 15.3 Å². The van der Waals surface area contributed by atoms with Crippen LogP contribution in [0.25, 0.3) is 0 Å². The Balaban J connectivity index is 2.28. The van der Waals surface area contributed by atoms with Crippen LogP contribution in [0.2, 0.25) is 0 Å². The van der Waals surface area contributed by atoms with Crippen molar-refractivity contribution in [3.8, 4) is 0 Å². The zero-order valence-electron chi connectivity index (χ0n) is 12.4. The predicted molar refractivity (Wildman–Crippen MR) is 80.7 cm³/mol. The van der Waals surface area contributed by atoms with E-state index in [9.17, 15) is 14.7 Å². The number of carboxylic acids is 1. The van der Waals surface area contributed by atoms with Crippen molar-refractivity contribution in [3.63, 3.8) is 0 Å². The lowest BCUT2D eigenvalue weighted by Gasteiger charge is -2.32. The monoisotopic (exact) mass is 291 g/mol. The van der Waals surface area contributed by atoms with Gasteiger partial charge in [0.15, 0.2) is 0 Å². The van der Waals surface area contributed by atoms with Gasteiger partial charge in [0, 0.05) is 19.5 Å². The van der Waals surface area contributed by atoms with Gasteiger partial charge in [0.2, 0.25) is 5.91 Å². The number of carbonyl (C=O) groups excluding carboxylic acids is 1. The topological polar surface area (TPSA) is 82.5 Å². The summed E-state index contributed by atoms with van der Waals surface area (Å²) in [5, 5.41) is 12.0. The van der Waals surface area contributed by atoms with Crippen molar-refractivity contribution in [2.24, 2.45) is 5.92 Å². The van der Waals surface area contributed by atoms with Crippen molar-refractivity contribution in [1.82, 2.24) is 4.98 Å². The Morgan fingerprint density at radius 2 is 2.29 bits per heavy atom. The molecule has 1 amide bonds. The lowest BCUT2D eigenvalue weighted by Crippen LogP contribution is -2.36. The molecule has 1 fully saturated rings. The number of piperidine rings is 1. The van der Waals surface area contributed by atoms with Crippen molar-refractivity contribution in [3.05, 3.63) is 17.8 Å². The molecule has 0 bridgehead atoms. The SMILES string of the molecule is CCC(=O)Nc1cnc(N2CCC[C@H](C)C2)c(C(=O)O)c1. The minimum atomic E-state index is -1.02. The largest absolute Gasteiger partial charge is 0.478 e. The molecule has 0 aromatic carbocycles. The van der Waals surface area contributed by atoms with E-state index in [1.807, 2.05) is 4.90 Å². The van der Waals surface area contributed by atoms with E-state index in [0.717, 1.165) is 25.9 Å². The van der Waals surface area contributed by atoms with Gasteiger partial charge in [-0.15, -0.1) is 0 Å². The maximum absolute atomic E-state index is 11.5.